The summed E-state index contributed by atoms with van der Waals surface area (Å²) in [5.41, 5.74) is 2.13. The SMILES string of the molecule is O=C1C(CCC(O)c2ccc(F)cc2)C(c2ccc(OCCOCCOCI)cc2)N1c1ccc(F)cc1. The lowest BCUT2D eigenvalue weighted by molar-refractivity contribution is -0.131. The number of aliphatic hydroxyl groups excluding tert-OH is 1. The third kappa shape index (κ3) is 7.28. The zero-order valence-electron chi connectivity index (χ0n) is 20.8. The molecule has 6 nitrogen and oxygen atoms in total. The normalized spacial score (nSPS) is 17.8. The molecule has 0 spiro atoms. The van der Waals surface area contributed by atoms with Gasteiger partial charge in [0.15, 0.2) is 0 Å². The first-order valence-corrected chi connectivity index (χ1v) is 14.0. The third-order valence-electron chi connectivity index (χ3n) is 6.49. The molecule has 3 aromatic carbocycles. The summed E-state index contributed by atoms with van der Waals surface area (Å²) in [7, 11) is 0. The predicted octanol–water partition coefficient (Wildman–Crippen LogP) is 5.99. The van der Waals surface area contributed by atoms with E-state index in [9.17, 15) is 18.7 Å². The number of aliphatic hydroxyl groups is 1. The molecule has 3 aromatic rings. The van der Waals surface area contributed by atoms with Crippen molar-refractivity contribution in [2.24, 2.45) is 5.92 Å². The van der Waals surface area contributed by atoms with Crippen molar-refractivity contribution in [1.82, 2.24) is 0 Å². The van der Waals surface area contributed by atoms with Gasteiger partial charge in [-0.05, 0) is 72.5 Å². The Balaban J connectivity index is 1.41. The van der Waals surface area contributed by atoms with Crippen LogP contribution in [0.3, 0.4) is 0 Å². The van der Waals surface area contributed by atoms with Gasteiger partial charge in [-0.25, -0.2) is 8.78 Å². The van der Waals surface area contributed by atoms with Crippen LogP contribution in [-0.4, -0.2) is 42.1 Å². The van der Waals surface area contributed by atoms with Gasteiger partial charge in [-0.2, -0.15) is 0 Å². The minimum absolute atomic E-state index is 0.0862. The molecular formula is C29H30F2INO5. The smallest absolute Gasteiger partial charge is 0.233 e. The lowest BCUT2D eigenvalue weighted by Crippen LogP contribution is -2.55. The van der Waals surface area contributed by atoms with Crippen molar-refractivity contribution in [2.45, 2.75) is 25.0 Å². The van der Waals surface area contributed by atoms with Gasteiger partial charge in [-0.3, -0.25) is 4.79 Å². The molecule has 1 heterocycles. The third-order valence-corrected chi connectivity index (χ3v) is 6.93. The van der Waals surface area contributed by atoms with Crippen molar-refractivity contribution in [3.8, 4) is 5.75 Å². The van der Waals surface area contributed by atoms with E-state index >= 15 is 0 Å². The van der Waals surface area contributed by atoms with Crippen molar-refractivity contribution in [2.75, 3.05) is 35.9 Å². The average molecular weight is 637 g/mol. The Bertz CT molecular complexity index is 1160. The Morgan fingerprint density at radius 2 is 1.45 bits per heavy atom. The second-order valence-electron chi connectivity index (χ2n) is 8.93. The van der Waals surface area contributed by atoms with Gasteiger partial charge in [0.2, 0.25) is 5.91 Å². The van der Waals surface area contributed by atoms with Crippen LogP contribution in [0.4, 0.5) is 14.5 Å². The molecule has 0 aromatic heterocycles. The minimum atomic E-state index is -0.810. The van der Waals surface area contributed by atoms with Crippen molar-refractivity contribution >= 4 is 34.2 Å². The first kappa shape index (κ1) is 28.4. The molecule has 0 radical (unpaired) electrons. The summed E-state index contributed by atoms with van der Waals surface area (Å²) in [5, 5.41) is 10.6. The fraction of sp³-hybridized carbons (Fsp3) is 0.345. The van der Waals surface area contributed by atoms with Crippen LogP contribution in [0.2, 0.25) is 0 Å². The molecule has 1 aliphatic heterocycles. The molecule has 1 fully saturated rings. The summed E-state index contributed by atoms with van der Waals surface area (Å²) in [6.07, 6.45) is -0.0220. The van der Waals surface area contributed by atoms with E-state index in [-0.39, 0.29) is 29.5 Å². The molecule has 202 valence electrons. The molecule has 1 aliphatic rings. The number of benzene rings is 3. The maximum atomic E-state index is 13.5. The van der Waals surface area contributed by atoms with Crippen LogP contribution in [0.5, 0.6) is 5.75 Å². The Kier molecular flexibility index (Phi) is 10.4. The van der Waals surface area contributed by atoms with E-state index in [0.717, 1.165) is 5.56 Å². The highest BCUT2D eigenvalue weighted by molar-refractivity contribution is 14.1. The largest absolute Gasteiger partial charge is 0.491 e. The summed E-state index contributed by atoms with van der Waals surface area (Å²) in [4.78, 5) is 14.9. The van der Waals surface area contributed by atoms with Crippen LogP contribution in [0, 0.1) is 17.6 Å². The van der Waals surface area contributed by atoms with Crippen molar-refractivity contribution in [3.05, 3.63) is 95.6 Å². The van der Waals surface area contributed by atoms with Gasteiger partial charge < -0.3 is 24.2 Å². The van der Waals surface area contributed by atoms with Crippen LogP contribution >= 0.6 is 22.6 Å². The van der Waals surface area contributed by atoms with Gasteiger partial charge in [-0.1, -0.05) is 46.9 Å². The quantitative estimate of drug-likeness (QED) is 0.102. The topological polar surface area (TPSA) is 68.2 Å². The minimum Gasteiger partial charge on any atom is -0.491 e. The summed E-state index contributed by atoms with van der Waals surface area (Å²) in [6, 6.07) is 18.8. The highest BCUT2D eigenvalue weighted by atomic mass is 127. The average Bonchev–Trinajstić information content (AvgIpc) is 2.93. The number of amides is 1. The second-order valence-corrected chi connectivity index (χ2v) is 9.55. The molecule has 3 unspecified atom stereocenters. The van der Waals surface area contributed by atoms with Gasteiger partial charge in [0.1, 0.15) is 24.0 Å². The number of anilines is 1. The van der Waals surface area contributed by atoms with E-state index in [2.05, 4.69) is 22.6 Å². The molecule has 1 saturated heterocycles. The Hall–Kier alpha value is -2.60. The van der Waals surface area contributed by atoms with E-state index in [1.54, 1.807) is 29.2 Å². The zero-order chi connectivity index (χ0) is 26.9. The van der Waals surface area contributed by atoms with Crippen LogP contribution in [-0.2, 0) is 14.3 Å². The number of carbonyl (C=O) groups excluding carboxylic acids is 1. The summed E-state index contributed by atoms with van der Waals surface area (Å²) in [5.74, 6) is -0.508. The fourth-order valence-electron chi connectivity index (χ4n) is 4.54. The van der Waals surface area contributed by atoms with Crippen molar-refractivity contribution in [1.29, 1.82) is 0 Å². The van der Waals surface area contributed by atoms with Gasteiger partial charge >= 0.3 is 0 Å². The van der Waals surface area contributed by atoms with Crippen molar-refractivity contribution in [3.63, 3.8) is 0 Å². The van der Waals surface area contributed by atoms with E-state index in [1.807, 2.05) is 24.3 Å². The van der Waals surface area contributed by atoms with Gasteiger partial charge in [0.05, 0.1) is 42.5 Å². The molecule has 38 heavy (non-hydrogen) atoms. The zero-order valence-corrected chi connectivity index (χ0v) is 22.9. The molecule has 1 N–H and O–H groups in total. The summed E-state index contributed by atoms with van der Waals surface area (Å²) >= 11 is 2.13. The first-order chi connectivity index (χ1) is 18.5. The fourth-order valence-corrected chi connectivity index (χ4v) is 4.86. The van der Waals surface area contributed by atoms with E-state index < -0.39 is 6.10 Å². The molecule has 4 rings (SSSR count). The number of rotatable bonds is 14. The number of nitrogens with zero attached hydrogens (tertiary/aromatic N) is 1. The van der Waals surface area contributed by atoms with E-state index in [0.29, 0.717) is 60.9 Å². The number of hydrogen-bond donors (Lipinski definition) is 1. The van der Waals surface area contributed by atoms with Crippen LogP contribution in [0.15, 0.2) is 72.8 Å². The summed E-state index contributed by atoms with van der Waals surface area (Å²) in [6.45, 7) is 1.90. The number of hydrogen-bond acceptors (Lipinski definition) is 5. The maximum absolute atomic E-state index is 13.5. The summed E-state index contributed by atoms with van der Waals surface area (Å²) < 4.78 is 43.8. The Labute approximate surface area is 234 Å². The monoisotopic (exact) mass is 637 g/mol. The molecule has 0 bridgehead atoms. The Morgan fingerprint density at radius 3 is 2.11 bits per heavy atom. The highest BCUT2D eigenvalue weighted by Crippen LogP contribution is 2.46. The van der Waals surface area contributed by atoms with E-state index in [4.69, 9.17) is 14.2 Å². The number of β-lactam (4-membered cyclic amide) rings is 1. The molecule has 0 aliphatic carbocycles. The standard InChI is InChI=1S/C29H30F2INO5/c30-22-5-1-20(2-6-22)27(34)14-13-26-28(33(29(26)35)24-9-7-23(31)8-10-24)21-3-11-25(12-4-21)38-18-17-36-15-16-37-19-32/h1-12,26-28,34H,13-19H2. The lowest BCUT2D eigenvalue weighted by Gasteiger charge is -2.48. The molecule has 0 saturated carbocycles. The number of ether oxygens (including phenoxy) is 3. The van der Waals surface area contributed by atoms with Crippen LogP contribution < -0.4 is 9.64 Å². The van der Waals surface area contributed by atoms with Crippen LogP contribution in [0.1, 0.15) is 36.1 Å². The second kappa shape index (κ2) is 14.0. The predicted molar refractivity (Wildman–Crippen MR) is 148 cm³/mol. The molecular weight excluding hydrogens is 607 g/mol. The number of halogens is 3. The number of alkyl halides is 1. The maximum Gasteiger partial charge on any atom is 0.233 e. The van der Waals surface area contributed by atoms with Crippen LogP contribution in [0.25, 0.3) is 0 Å². The molecule has 1 amide bonds. The van der Waals surface area contributed by atoms with Gasteiger partial charge in [0, 0.05) is 5.69 Å². The molecule has 9 heteroatoms. The molecule has 3 atom stereocenters. The van der Waals surface area contributed by atoms with Crippen molar-refractivity contribution < 1.29 is 32.9 Å². The highest BCUT2D eigenvalue weighted by Gasteiger charge is 2.48. The lowest BCUT2D eigenvalue weighted by atomic mass is 9.78. The van der Waals surface area contributed by atoms with E-state index in [1.165, 1.54) is 24.3 Å². The van der Waals surface area contributed by atoms with Gasteiger partial charge in [-0.15, -0.1) is 0 Å². The Morgan fingerprint density at radius 1 is 0.842 bits per heavy atom. The number of carbonyl (C=O) groups is 1. The van der Waals surface area contributed by atoms with Gasteiger partial charge in [0.25, 0.3) is 0 Å². The first-order valence-electron chi connectivity index (χ1n) is 12.4.